The van der Waals surface area contributed by atoms with Gasteiger partial charge in [0.05, 0.1) is 17.7 Å². The van der Waals surface area contributed by atoms with Crippen molar-refractivity contribution in [2.75, 3.05) is 6.61 Å². The molecule has 2 heterocycles. The van der Waals surface area contributed by atoms with Gasteiger partial charge >= 0.3 is 0 Å². The number of benzene rings is 1. The smallest absolute Gasteiger partial charge is 0.0811 e. The normalized spacial score (nSPS) is 20.4. The average Bonchev–Trinajstić information content (AvgIpc) is 3.00. The molecule has 1 aliphatic heterocycles. The number of hydrogen-bond acceptors (Lipinski definition) is 3. The topological polar surface area (TPSA) is 42.4 Å². The molecular formula is C17H21NO2. The van der Waals surface area contributed by atoms with Gasteiger partial charge < -0.3 is 9.84 Å². The molecule has 0 amide bonds. The number of hydrogen-bond donors (Lipinski definition) is 1. The highest BCUT2D eigenvalue weighted by atomic mass is 16.5. The molecule has 0 saturated carbocycles. The molecular weight excluding hydrogens is 250 g/mol. The minimum atomic E-state index is -0.435. The molecule has 106 valence electrons. The molecule has 0 spiro atoms. The maximum Gasteiger partial charge on any atom is 0.0811 e. The third kappa shape index (κ3) is 3.00. The van der Waals surface area contributed by atoms with Crippen LogP contribution in [0.2, 0.25) is 0 Å². The zero-order valence-corrected chi connectivity index (χ0v) is 11.7. The van der Waals surface area contributed by atoms with Crippen LogP contribution in [-0.2, 0) is 4.74 Å². The van der Waals surface area contributed by atoms with Crippen LogP contribution in [0.5, 0.6) is 0 Å². The molecule has 2 aromatic rings. The lowest BCUT2D eigenvalue weighted by Crippen LogP contribution is -2.06. The van der Waals surface area contributed by atoms with E-state index in [1.165, 1.54) is 12.8 Å². The molecule has 1 fully saturated rings. The Bertz CT molecular complexity index is 558. The lowest BCUT2D eigenvalue weighted by molar-refractivity contribution is 0.0946. The molecule has 3 heteroatoms. The Kier molecular flexibility index (Phi) is 4.28. The van der Waals surface area contributed by atoms with Crippen molar-refractivity contribution in [2.45, 2.75) is 44.3 Å². The number of aromatic nitrogens is 1. The first-order valence-corrected chi connectivity index (χ1v) is 7.48. The van der Waals surface area contributed by atoms with Gasteiger partial charge in [-0.3, -0.25) is 4.98 Å². The molecule has 2 atom stereocenters. The summed E-state index contributed by atoms with van der Waals surface area (Å²) < 4.78 is 5.62. The summed E-state index contributed by atoms with van der Waals surface area (Å²) >= 11 is 0. The van der Waals surface area contributed by atoms with Gasteiger partial charge in [0.1, 0.15) is 0 Å². The molecule has 3 rings (SSSR count). The average molecular weight is 271 g/mol. The maximum atomic E-state index is 10.4. The SMILES string of the molecule is OC(CCCC1CCCO1)c1cccc2cccnc12. The van der Waals surface area contributed by atoms with Crippen LogP contribution < -0.4 is 0 Å². The van der Waals surface area contributed by atoms with Crippen LogP contribution in [0, 0.1) is 0 Å². The summed E-state index contributed by atoms with van der Waals surface area (Å²) in [5.74, 6) is 0. The van der Waals surface area contributed by atoms with Crippen molar-refractivity contribution < 1.29 is 9.84 Å². The van der Waals surface area contributed by atoms with Gasteiger partial charge in [0.2, 0.25) is 0 Å². The van der Waals surface area contributed by atoms with Crippen molar-refractivity contribution in [3.05, 3.63) is 42.1 Å². The largest absolute Gasteiger partial charge is 0.388 e. The second-order valence-corrected chi connectivity index (χ2v) is 5.50. The van der Waals surface area contributed by atoms with E-state index in [0.717, 1.165) is 42.3 Å². The number of aliphatic hydroxyl groups is 1. The van der Waals surface area contributed by atoms with E-state index < -0.39 is 6.10 Å². The highest BCUT2D eigenvalue weighted by Gasteiger charge is 2.17. The lowest BCUT2D eigenvalue weighted by atomic mass is 9.99. The minimum absolute atomic E-state index is 0.410. The number of aliphatic hydroxyl groups excluding tert-OH is 1. The minimum Gasteiger partial charge on any atom is -0.388 e. The van der Waals surface area contributed by atoms with Gasteiger partial charge in [-0.2, -0.15) is 0 Å². The third-order valence-electron chi connectivity index (χ3n) is 4.05. The molecule has 1 saturated heterocycles. The second-order valence-electron chi connectivity index (χ2n) is 5.50. The summed E-state index contributed by atoms with van der Waals surface area (Å²) in [7, 11) is 0. The molecule has 1 aliphatic rings. The fraction of sp³-hybridized carbons (Fsp3) is 0.471. The summed E-state index contributed by atoms with van der Waals surface area (Å²) in [6.45, 7) is 0.903. The molecule has 1 aromatic carbocycles. The number of ether oxygens (including phenoxy) is 1. The van der Waals surface area contributed by atoms with E-state index in [2.05, 4.69) is 4.98 Å². The summed E-state index contributed by atoms with van der Waals surface area (Å²) in [5, 5.41) is 11.5. The Morgan fingerprint density at radius 3 is 3.05 bits per heavy atom. The predicted octanol–water partition coefficient (Wildman–Crippen LogP) is 3.62. The number of para-hydroxylation sites is 1. The number of pyridine rings is 1. The van der Waals surface area contributed by atoms with E-state index >= 15 is 0 Å². The zero-order chi connectivity index (χ0) is 13.8. The Morgan fingerprint density at radius 2 is 2.20 bits per heavy atom. The molecule has 0 radical (unpaired) electrons. The second kappa shape index (κ2) is 6.33. The zero-order valence-electron chi connectivity index (χ0n) is 11.7. The molecule has 3 nitrogen and oxygen atoms in total. The molecule has 1 aromatic heterocycles. The van der Waals surface area contributed by atoms with Crippen LogP contribution in [0.15, 0.2) is 36.5 Å². The van der Waals surface area contributed by atoms with Crippen molar-refractivity contribution in [3.63, 3.8) is 0 Å². The van der Waals surface area contributed by atoms with Crippen LogP contribution in [0.25, 0.3) is 10.9 Å². The van der Waals surface area contributed by atoms with E-state index in [9.17, 15) is 5.11 Å². The van der Waals surface area contributed by atoms with Gasteiger partial charge in [0.25, 0.3) is 0 Å². The monoisotopic (exact) mass is 271 g/mol. The molecule has 0 bridgehead atoms. The van der Waals surface area contributed by atoms with Gasteiger partial charge in [-0.1, -0.05) is 24.3 Å². The Balaban J connectivity index is 1.64. The van der Waals surface area contributed by atoms with Crippen molar-refractivity contribution in [3.8, 4) is 0 Å². The van der Waals surface area contributed by atoms with Crippen molar-refractivity contribution in [1.29, 1.82) is 0 Å². The van der Waals surface area contributed by atoms with Gasteiger partial charge in [0.15, 0.2) is 0 Å². The maximum absolute atomic E-state index is 10.4. The first kappa shape index (κ1) is 13.5. The molecule has 1 N–H and O–H groups in total. The molecule has 2 unspecified atom stereocenters. The van der Waals surface area contributed by atoms with Gasteiger partial charge in [0, 0.05) is 23.8 Å². The Morgan fingerprint density at radius 1 is 1.30 bits per heavy atom. The molecule has 20 heavy (non-hydrogen) atoms. The van der Waals surface area contributed by atoms with Crippen molar-refractivity contribution in [2.24, 2.45) is 0 Å². The van der Waals surface area contributed by atoms with Crippen molar-refractivity contribution in [1.82, 2.24) is 4.98 Å². The van der Waals surface area contributed by atoms with E-state index in [1.807, 2.05) is 30.3 Å². The summed E-state index contributed by atoms with van der Waals surface area (Å²) in [4.78, 5) is 4.40. The van der Waals surface area contributed by atoms with E-state index in [-0.39, 0.29) is 0 Å². The van der Waals surface area contributed by atoms with Gasteiger partial charge in [-0.25, -0.2) is 0 Å². The van der Waals surface area contributed by atoms with Gasteiger partial charge in [-0.05, 0) is 38.2 Å². The summed E-state index contributed by atoms with van der Waals surface area (Å²) in [6.07, 6.45) is 6.93. The highest BCUT2D eigenvalue weighted by Crippen LogP contribution is 2.27. The van der Waals surface area contributed by atoms with Gasteiger partial charge in [-0.15, -0.1) is 0 Å². The fourth-order valence-electron chi connectivity index (χ4n) is 2.96. The quantitative estimate of drug-likeness (QED) is 0.903. The van der Waals surface area contributed by atoms with Crippen molar-refractivity contribution >= 4 is 10.9 Å². The number of fused-ring (bicyclic) bond motifs is 1. The summed E-state index contributed by atoms with van der Waals surface area (Å²) in [6, 6.07) is 9.96. The fourth-order valence-corrected chi connectivity index (χ4v) is 2.96. The Labute approximate surface area is 119 Å². The predicted molar refractivity (Wildman–Crippen MR) is 79.5 cm³/mol. The number of rotatable bonds is 5. The van der Waals surface area contributed by atoms with E-state index in [4.69, 9.17) is 4.74 Å². The standard InChI is InChI=1S/C17H21NO2/c19-16(10-2-7-14-8-4-12-20-14)15-9-1-5-13-6-3-11-18-17(13)15/h1,3,5-6,9,11,14,16,19H,2,4,7-8,10,12H2. The van der Waals surface area contributed by atoms with Crippen LogP contribution in [0.1, 0.15) is 43.8 Å². The van der Waals surface area contributed by atoms with E-state index in [1.54, 1.807) is 6.20 Å². The Hall–Kier alpha value is -1.45. The molecule has 0 aliphatic carbocycles. The van der Waals surface area contributed by atoms with E-state index in [0.29, 0.717) is 6.10 Å². The number of nitrogens with zero attached hydrogens (tertiary/aromatic N) is 1. The first-order valence-electron chi connectivity index (χ1n) is 7.48. The highest BCUT2D eigenvalue weighted by molar-refractivity contribution is 5.81. The van der Waals surface area contributed by atoms with Crippen LogP contribution in [0.3, 0.4) is 0 Å². The third-order valence-corrected chi connectivity index (χ3v) is 4.05. The van der Waals surface area contributed by atoms with Crippen LogP contribution in [0.4, 0.5) is 0 Å². The summed E-state index contributed by atoms with van der Waals surface area (Å²) in [5.41, 5.74) is 1.86. The van der Waals surface area contributed by atoms with Crippen LogP contribution >= 0.6 is 0 Å². The van der Waals surface area contributed by atoms with Crippen LogP contribution in [-0.4, -0.2) is 22.8 Å². The lowest BCUT2D eigenvalue weighted by Gasteiger charge is -2.14. The first-order chi connectivity index (χ1) is 9.84.